The predicted molar refractivity (Wildman–Crippen MR) is 145 cm³/mol. The SMILES string of the molecule is Cc1cc(OC(C)c2sc(-c3ccc(C(F)(F)F)cc3)nc2CCc2c(F)cccc2Cl)ccc1OCC(=O)O. The standard InChI is InChI=1S/C29H24ClF4NO4S/c1-16-14-20(10-13-25(16)38-15-26(36)37)39-17(2)27-24(12-11-21-22(30)4-3-5-23(21)31)35-28(40-27)18-6-8-19(9-7-18)29(32,33)34/h3-10,13-14,17H,11-12,15H2,1-2H3,(H,36,37). The molecular weight excluding hydrogens is 570 g/mol. The third-order valence-electron chi connectivity index (χ3n) is 6.04. The van der Waals surface area contributed by atoms with E-state index >= 15 is 0 Å². The van der Waals surface area contributed by atoms with Crippen LogP contribution in [0.5, 0.6) is 11.5 Å². The van der Waals surface area contributed by atoms with Gasteiger partial charge in [-0.3, -0.25) is 0 Å². The van der Waals surface area contributed by atoms with Gasteiger partial charge < -0.3 is 14.6 Å². The third-order valence-corrected chi connectivity index (χ3v) is 7.70. The number of alkyl halides is 3. The van der Waals surface area contributed by atoms with Gasteiger partial charge in [0.05, 0.1) is 16.1 Å². The molecule has 0 aliphatic rings. The van der Waals surface area contributed by atoms with Gasteiger partial charge in [0, 0.05) is 16.1 Å². The number of halogens is 5. The Labute approximate surface area is 237 Å². The molecule has 40 heavy (non-hydrogen) atoms. The van der Waals surface area contributed by atoms with Gasteiger partial charge in [-0.1, -0.05) is 29.8 Å². The largest absolute Gasteiger partial charge is 0.485 e. The molecule has 1 unspecified atom stereocenters. The maximum Gasteiger partial charge on any atom is 0.416 e. The van der Waals surface area contributed by atoms with Crippen LogP contribution in [-0.4, -0.2) is 22.7 Å². The molecule has 4 aromatic rings. The van der Waals surface area contributed by atoms with Crippen LogP contribution in [0.3, 0.4) is 0 Å². The molecule has 0 fully saturated rings. The number of nitrogens with zero attached hydrogens (tertiary/aromatic N) is 1. The lowest BCUT2D eigenvalue weighted by Gasteiger charge is -2.16. The van der Waals surface area contributed by atoms with E-state index in [4.69, 9.17) is 31.2 Å². The maximum atomic E-state index is 14.4. The highest BCUT2D eigenvalue weighted by Gasteiger charge is 2.30. The summed E-state index contributed by atoms with van der Waals surface area (Å²) < 4.78 is 65.0. The van der Waals surface area contributed by atoms with Gasteiger partial charge in [0.1, 0.15) is 28.4 Å². The lowest BCUT2D eigenvalue weighted by atomic mass is 10.1. The molecule has 0 amide bonds. The van der Waals surface area contributed by atoms with Gasteiger partial charge >= 0.3 is 12.1 Å². The number of ether oxygens (including phenoxy) is 2. The van der Waals surface area contributed by atoms with Crippen molar-refractivity contribution < 1.29 is 36.9 Å². The van der Waals surface area contributed by atoms with Crippen LogP contribution in [0.4, 0.5) is 17.6 Å². The molecule has 0 aliphatic heterocycles. The van der Waals surface area contributed by atoms with E-state index in [1.807, 2.05) is 6.92 Å². The number of benzene rings is 3. The molecule has 1 aromatic heterocycles. The first-order chi connectivity index (χ1) is 18.9. The van der Waals surface area contributed by atoms with Crippen LogP contribution < -0.4 is 9.47 Å². The summed E-state index contributed by atoms with van der Waals surface area (Å²) in [6.45, 7) is 3.10. The number of hydrogen-bond donors (Lipinski definition) is 1. The average molecular weight is 594 g/mol. The van der Waals surface area contributed by atoms with Gasteiger partial charge in [-0.15, -0.1) is 11.3 Å². The minimum Gasteiger partial charge on any atom is -0.485 e. The first kappa shape index (κ1) is 29.4. The second-order valence-corrected chi connectivity index (χ2v) is 10.4. The molecule has 5 nitrogen and oxygen atoms in total. The summed E-state index contributed by atoms with van der Waals surface area (Å²) >= 11 is 7.49. The van der Waals surface area contributed by atoms with Gasteiger partial charge in [0.2, 0.25) is 0 Å². The van der Waals surface area contributed by atoms with Crippen molar-refractivity contribution in [2.24, 2.45) is 0 Å². The molecule has 4 rings (SSSR count). The molecule has 3 aromatic carbocycles. The topological polar surface area (TPSA) is 68.7 Å². The molecule has 0 radical (unpaired) electrons. The van der Waals surface area contributed by atoms with Gasteiger partial charge in [-0.2, -0.15) is 13.2 Å². The van der Waals surface area contributed by atoms with Crippen molar-refractivity contribution in [3.8, 4) is 22.1 Å². The normalized spacial score (nSPS) is 12.3. The van der Waals surface area contributed by atoms with E-state index in [0.29, 0.717) is 50.3 Å². The molecule has 210 valence electrons. The zero-order chi connectivity index (χ0) is 29.0. The summed E-state index contributed by atoms with van der Waals surface area (Å²) in [7, 11) is 0. The van der Waals surface area contributed by atoms with E-state index in [9.17, 15) is 22.4 Å². The molecule has 0 bridgehead atoms. The number of aliphatic carboxylic acids is 1. The predicted octanol–water partition coefficient (Wildman–Crippen LogP) is 8.32. The lowest BCUT2D eigenvalue weighted by Crippen LogP contribution is -2.10. The zero-order valence-electron chi connectivity index (χ0n) is 21.4. The Bertz CT molecular complexity index is 1480. The van der Waals surface area contributed by atoms with Crippen LogP contribution in [0.15, 0.2) is 60.7 Å². The number of carbonyl (C=O) groups is 1. The summed E-state index contributed by atoms with van der Waals surface area (Å²) in [5.41, 5.74) is 1.39. The Morgan fingerprint density at radius 2 is 1.82 bits per heavy atom. The highest BCUT2D eigenvalue weighted by molar-refractivity contribution is 7.15. The highest BCUT2D eigenvalue weighted by Crippen LogP contribution is 2.37. The van der Waals surface area contributed by atoms with Crippen molar-refractivity contribution in [2.45, 2.75) is 39.0 Å². The van der Waals surface area contributed by atoms with E-state index in [0.717, 1.165) is 17.0 Å². The van der Waals surface area contributed by atoms with Crippen molar-refractivity contribution in [2.75, 3.05) is 6.61 Å². The van der Waals surface area contributed by atoms with E-state index < -0.39 is 36.2 Å². The lowest BCUT2D eigenvalue weighted by molar-refractivity contribution is -0.139. The van der Waals surface area contributed by atoms with Gasteiger partial charge in [0.15, 0.2) is 6.61 Å². The third kappa shape index (κ3) is 7.11. The molecule has 0 spiro atoms. The number of carboxylic acid groups (broad SMARTS) is 1. The molecule has 0 aliphatic carbocycles. The molecule has 1 N–H and O–H groups in total. The Kier molecular flexibility index (Phi) is 9.00. The number of aromatic nitrogens is 1. The van der Waals surface area contributed by atoms with Crippen LogP contribution in [0.1, 0.15) is 40.3 Å². The Balaban J connectivity index is 1.62. The molecule has 1 atom stereocenters. The Morgan fingerprint density at radius 3 is 2.45 bits per heavy atom. The Morgan fingerprint density at radius 1 is 1.10 bits per heavy atom. The first-order valence-corrected chi connectivity index (χ1v) is 13.3. The quantitative estimate of drug-likeness (QED) is 0.187. The van der Waals surface area contributed by atoms with Crippen molar-refractivity contribution in [3.63, 3.8) is 0 Å². The monoisotopic (exact) mass is 593 g/mol. The van der Waals surface area contributed by atoms with Crippen molar-refractivity contribution >= 4 is 28.9 Å². The van der Waals surface area contributed by atoms with Crippen LogP contribution in [0.25, 0.3) is 10.6 Å². The summed E-state index contributed by atoms with van der Waals surface area (Å²) in [6.07, 6.45) is -4.39. The Hall–Kier alpha value is -3.63. The van der Waals surface area contributed by atoms with E-state index in [2.05, 4.69) is 0 Å². The number of thiazole rings is 1. The molecule has 11 heteroatoms. The molecule has 0 saturated carbocycles. The second-order valence-electron chi connectivity index (χ2n) is 8.98. The average Bonchev–Trinajstić information content (AvgIpc) is 3.32. The van der Waals surface area contributed by atoms with Crippen LogP contribution in [0, 0.1) is 12.7 Å². The van der Waals surface area contributed by atoms with E-state index in [1.54, 1.807) is 31.2 Å². The summed E-state index contributed by atoms with van der Waals surface area (Å²) in [5.74, 6) is -0.615. The summed E-state index contributed by atoms with van der Waals surface area (Å²) in [6, 6.07) is 14.2. The molecule has 0 saturated heterocycles. The van der Waals surface area contributed by atoms with Crippen LogP contribution in [-0.2, 0) is 23.8 Å². The number of carboxylic acids is 1. The summed E-state index contributed by atoms with van der Waals surface area (Å²) in [4.78, 5) is 16.2. The fourth-order valence-corrected chi connectivity index (χ4v) is 5.41. The molecule has 1 heterocycles. The van der Waals surface area contributed by atoms with Gasteiger partial charge in [-0.25, -0.2) is 14.2 Å². The fraction of sp³-hybridized carbons (Fsp3) is 0.241. The number of hydrogen-bond acceptors (Lipinski definition) is 5. The maximum absolute atomic E-state index is 14.4. The minimum atomic E-state index is -4.45. The minimum absolute atomic E-state index is 0.260. The number of aryl methyl sites for hydroxylation is 2. The summed E-state index contributed by atoms with van der Waals surface area (Å²) in [5, 5.41) is 9.64. The highest BCUT2D eigenvalue weighted by atomic mass is 35.5. The van der Waals surface area contributed by atoms with Crippen molar-refractivity contribution in [1.29, 1.82) is 0 Å². The van der Waals surface area contributed by atoms with Crippen molar-refractivity contribution in [3.05, 3.63) is 98.8 Å². The van der Waals surface area contributed by atoms with Crippen LogP contribution in [0.2, 0.25) is 5.02 Å². The zero-order valence-corrected chi connectivity index (χ0v) is 23.0. The van der Waals surface area contributed by atoms with E-state index in [1.165, 1.54) is 35.6 Å². The van der Waals surface area contributed by atoms with Crippen LogP contribution >= 0.6 is 22.9 Å². The second kappa shape index (κ2) is 12.3. The van der Waals surface area contributed by atoms with E-state index in [-0.39, 0.29) is 6.42 Å². The number of rotatable bonds is 10. The van der Waals surface area contributed by atoms with Crippen molar-refractivity contribution in [1.82, 2.24) is 4.98 Å². The smallest absolute Gasteiger partial charge is 0.416 e. The molecular formula is C29H24ClF4NO4S. The first-order valence-electron chi connectivity index (χ1n) is 12.1. The van der Waals surface area contributed by atoms with Gasteiger partial charge in [-0.05, 0) is 74.7 Å². The fourth-order valence-electron chi connectivity index (χ4n) is 4.05. The van der Waals surface area contributed by atoms with Gasteiger partial charge in [0.25, 0.3) is 0 Å².